The fraction of sp³-hybridized carbons (Fsp3) is 0.0492. The van der Waals surface area contributed by atoms with E-state index in [-0.39, 0.29) is 5.41 Å². The quantitative estimate of drug-likeness (QED) is 0.145. The Balaban J connectivity index is 0.925. The van der Waals surface area contributed by atoms with Crippen molar-refractivity contribution in [1.82, 2.24) is 0 Å². The summed E-state index contributed by atoms with van der Waals surface area (Å²) in [5, 5.41) is 7.81. The fourth-order valence-corrected chi connectivity index (χ4v) is 10.2. The molecular weight excluding hydrogens is 747 g/mol. The molecule has 1 aliphatic rings. The Bertz CT molecular complexity index is 3440. The molecule has 1 heteroatoms. The van der Waals surface area contributed by atoms with Gasteiger partial charge in [0.25, 0.3) is 0 Å². The molecule has 12 rings (SSSR count). The van der Waals surface area contributed by atoms with Crippen molar-refractivity contribution >= 4 is 49.4 Å². The van der Waals surface area contributed by atoms with Crippen molar-refractivity contribution in [2.24, 2.45) is 0 Å². The van der Waals surface area contributed by atoms with Gasteiger partial charge in [0.2, 0.25) is 0 Å². The van der Waals surface area contributed by atoms with Crippen LogP contribution in [0.1, 0.15) is 25.0 Å². The van der Waals surface area contributed by atoms with Gasteiger partial charge in [0.15, 0.2) is 0 Å². The minimum atomic E-state index is -0.0355. The van der Waals surface area contributed by atoms with E-state index in [0.29, 0.717) is 0 Å². The van der Waals surface area contributed by atoms with Gasteiger partial charge in [-0.3, -0.25) is 0 Å². The minimum absolute atomic E-state index is 0.0355. The fourth-order valence-electron chi connectivity index (χ4n) is 10.2. The molecule has 0 heterocycles. The van der Waals surface area contributed by atoms with Gasteiger partial charge in [0.05, 0.1) is 0 Å². The van der Waals surface area contributed by atoms with Crippen LogP contribution in [0.4, 0.5) is 17.1 Å². The van der Waals surface area contributed by atoms with Crippen LogP contribution in [0.5, 0.6) is 0 Å². The van der Waals surface area contributed by atoms with E-state index >= 15 is 0 Å². The Kier molecular flexibility index (Phi) is 8.27. The minimum Gasteiger partial charge on any atom is -0.311 e. The van der Waals surface area contributed by atoms with Gasteiger partial charge in [-0.1, -0.05) is 178 Å². The van der Waals surface area contributed by atoms with Crippen LogP contribution < -0.4 is 4.90 Å². The molecule has 11 aromatic rings. The summed E-state index contributed by atoms with van der Waals surface area (Å²) in [6.45, 7) is 4.70. The van der Waals surface area contributed by atoms with Gasteiger partial charge in [-0.2, -0.15) is 0 Å². The lowest BCUT2D eigenvalue weighted by Crippen LogP contribution is -2.14. The molecule has 0 spiro atoms. The SMILES string of the molecule is CC1(C)c2ccccc2-c2ccc(-c3ccc(N(c4ccccc4)c4ccc(-c5cc(-c6ccccc6)cc(-c6ccc7ccc8cccc9ccc6c7c89)c5)cc4)cc3)cc21. The van der Waals surface area contributed by atoms with E-state index in [0.717, 1.165) is 17.1 Å². The second kappa shape index (κ2) is 14.2. The molecule has 0 fully saturated rings. The third-order valence-corrected chi connectivity index (χ3v) is 13.4. The smallest absolute Gasteiger partial charge is 0.0462 e. The molecule has 11 aromatic carbocycles. The zero-order valence-electron chi connectivity index (χ0n) is 34.8. The molecule has 0 aliphatic heterocycles. The first-order valence-electron chi connectivity index (χ1n) is 21.7. The first-order chi connectivity index (χ1) is 30.5. The maximum atomic E-state index is 2.40. The average Bonchev–Trinajstić information content (AvgIpc) is 3.56. The topological polar surface area (TPSA) is 3.24 Å². The van der Waals surface area contributed by atoms with Gasteiger partial charge in [-0.15, -0.1) is 0 Å². The van der Waals surface area contributed by atoms with Gasteiger partial charge in [0, 0.05) is 22.5 Å². The third kappa shape index (κ3) is 5.85. The monoisotopic (exact) mass is 789 g/mol. The van der Waals surface area contributed by atoms with Crippen LogP contribution in [0.3, 0.4) is 0 Å². The second-order valence-corrected chi connectivity index (χ2v) is 17.3. The summed E-state index contributed by atoms with van der Waals surface area (Å²) >= 11 is 0. The molecule has 0 saturated heterocycles. The summed E-state index contributed by atoms with van der Waals surface area (Å²) < 4.78 is 0. The second-order valence-electron chi connectivity index (χ2n) is 17.3. The molecule has 62 heavy (non-hydrogen) atoms. The first kappa shape index (κ1) is 36.1. The van der Waals surface area contributed by atoms with Crippen LogP contribution in [0.25, 0.3) is 88.0 Å². The van der Waals surface area contributed by atoms with E-state index < -0.39 is 0 Å². The van der Waals surface area contributed by atoms with Crippen molar-refractivity contribution in [3.8, 4) is 55.6 Å². The standard InChI is InChI=1S/C61H43N/c1-61(2)57-19-10-9-18-54(57)55-34-28-46(39-58(55)61)41-22-29-51(30-23-41)62(50-16-7-4-8-17-50)52-31-24-42(25-32-52)48-36-47(40-12-5-3-6-13-40)37-49(38-48)53-33-26-45-21-20-43-14-11-15-44-27-35-56(53)60(45)59(43)44/h3-39H,1-2H3. The number of rotatable bonds is 7. The van der Waals surface area contributed by atoms with Crippen LogP contribution in [0.2, 0.25) is 0 Å². The van der Waals surface area contributed by atoms with E-state index in [1.807, 2.05) is 0 Å². The van der Waals surface area contributed by atoms with E-state index in [2.05, 4.69) is 243 Å². The maximum absolute atomic E-state index is 2.40. The van der Waals surface area contributed by atoms with Gasteiger partial charge in [0.1, 0.15) is 0 Å². The van der Waals surface area contributed by atoms with Crippen molar-refractivity contribution in [2.75, 3.05) is 4.90 Å². The van der Waals surface area contributed by atoms with Crippen molar-refractivity contribution in [3.05, 3.63) is 236 Å². The lowest BCUT2D eigenvalue weighted by molar-refractivity contribution is 0.660. The average molecular weight is 790 g/mol. The number of nitrogens with zero attached hydrogens (tertiary/aromatic N) is 1. The van der Waals surface area contributed by atoms with Crippen LogP contribution in [0, 0.1) is 0 Å². The summed E-state index contributed by atoms with van der Waals surface area (Å²) in [6.07, 6.45) is 0. The van der Waals surface area contributed by atoms with Crippen molar-refractivity contribution in [1.29, 1.82) is 0 Å². The Hall–Kier alpha value is -7.74. The molecule has 0 atom stereocenters. The highest BCUT2D eigenvalue weighted by molar-refractivity contribution is 6.25. The lowest BCUT2D eigenvalue weighted by Gasteiger charge is -2.26. The Morgan fingerprint density at radius 1 is 0.290 bits per heavy atom. The highest BCUT2D eigenvalue weighted by atomic mass is 15.1. The number of fused-ring (bicyclic) bond motifs is 3. The third-order valence-electron chi connectivity index (χ3n) is 13.4. The van der Waals surface area contributed by atoms with Crippen LogP contribution >= 0.6 is 0 Å². The number of anilines is 3. The Labute approximate surface area is 363 Å². The van der Waals surface area contributed by atoms with Gasteiger partial charge >= 0.3 is 0 Å². The maximum Gasteiger partial charge on any atom is 0.0462 e. The highest BCUT2D eigenvalue weighted by Gasteiger charge is 2.35. The van der Waals surface area contributed by atoms with Crippen LogP contribution in [-0.4, -0.2) is 0 Å². The molecule has 292 valence electrons. The predicted molar refractivity (Wildman–Crippen MR) is 264 cm³/mol. The molecule has 0 unspecified atom stereocenters. The van der Waals surface area contributed by atoms with E-state index in [1.54, 1.807) is 0 Å². The van der Waals surface area contributed by atoms with Crippen molar-refractivity contribution in [2.45, 2.75) is 19.3 Å². The molecule has 1 aliphatic carbocycles. The zero-order chi connectivity index (χ0) is 41.4. The number of para-hydroxylation sites is 1. The summed E-state index contributed by atoms with van der Waals surface area (Å²) in [5.41, 5.74) is 18.5. The molecule has 0 amide bonds. The predicted octanol–water partition coefficient (Wildman–Crippen LogP) is 17.0. The lowest BCUT2D eigenvalue weighted by atomic mass is 9.81. The number of hydrogen-bond donors (Lipinski definition) is 0. The number of hydrogen-bond acceptors (Lipinski definition) is 1. The first-order valence-corrected chi connectivity index (χ1v) is 21.7. The van der Waals surface area contributed by atoms with Crippen molar-refractivity contribution in [3.63, 3.8) is 0 Å². The van der Waals surface area contributed by atoms with Crippen LogP contribution in [-0.2, 0) is 5.41 Å². The Morgan fingerprint density at radius 3 is 1.47 bits per heavy atom. The zero-order valence-corrected chi connectivity index (χ0v) is 34.8. The van der Waals surface area contributed by atoms with E-state index in [9.17, 15) is 0 Å². The summed E-state index contributed by atoms with van der Waals surface area (Å²) in [4.78, 5) is 2.35. The van der Waals surface area contributed by atoms with Gasteiger partial charge in [-0.25, -0.2) is 0 Å². The molecule has 0 radical (unpaired) electrons. The van der Waals surface area contributed by atoms with E-state index in [1.165, 1.54) is 99.1 Å². The molecule has 0 N–H and O–H groups in total. The summed E-state index contributed by atoms with van der Waals surface area (Å²) in [5.74, 6) is 0. The molecule has 0 saturated carbocycles. The van der Waals surface area contributed by atoms with Crippen LogP contribution in [0.15, 0.2) is 224 Å². The normalized spacial score (nSPS) is 12.8. The molecule has 1 nitrogen and oxygen atoms in total. The molecule has 0 aromatic heterocycles. The van der Waals surface area contributed by atoms with Gasteiger partial charge < -0.3 is 4.90 Å². The van der Waals surface area contributed by atoms with Crippen molar-refractivity contribution < 1.29 is 0 Å². The summed E-state index contributed by atoms with van der Waals surface area (Å²) in [6, 6.07) is 82.9. The summed E-state index contributed by atoms with van der Waals surface area (Å²) in [7, 11) is 0. The number of benzene rings is 11. The molecular formula is C61H43N. The van der Waals surface area contributed by atoms with E-state index in [4.69, 9.17) is 0 Å². The largest absolute Gasteiger partial charge is 0.311 e. The Morgan fingerprint density at radius 2 is 0.774 bits per heavy atom. The molecule has 0 bridgehead atoms. The highest BCUT2D eigenvalue weighted by Crippen LogP contribution is 2.50. The van der Waals surface area contributed by atoms with Gasteiger partial charge in [-0.05, 0) is 160 Å².